The van der Waals surface area contributed by atoms with Crippen molar-refractivity contribution in [2.45, 2.75) is 58.1 Å². The van der Waals surface area contributed by atoms with Crippen LogP contribution in [0.3, 0.4) is 0 Å². The minimum Gasteiger partial charge on any atom is -0.489 e. The Morgan fingerprint density at radius 1 is 0.978 bits per heavy atom. The number of aromatic nitrogens is 2. The van der Waals surface area contributed by atoms with Gasteiger partial charge in [0.2, 0.25) is 5.91 Å². The van der Waals surface area contributed by atoms with Crippen molar-refractivity contribution in [3.05, 3.63) is 101 Å². The maximum Gasteiger partial charge on any atom is 0.335 e. The Kier molecular flexibility index (Phi) is 9.08. The molecular formula is C37H35ClFN3O4. The second-order valence-electron chi connectivity index (χ2n) is 11.7. The van der Waals surface area contributed by atoms with E-state index in [9.17, 15) is 14.7 Å². The number of carbonyl (C=O) groups is 2. The normalized spacial score (nSPS) is 13.6. The summed E-state index contributed by atoms with van der Waals surface area (Å²) < 4.78 is 24.2. The van der Waals surface area contributed by atoms with Crippen molar-refractivity contribution < 1.29 is 23.8 Å². The number of aromatic carboxylic acids is 1. The second-order valence-corrected chi connectivity index (χ2v) is 12.1. The van der Waals surface area contributed by atoms with Crippen LogP contribution < -0.4 is 9.64 Å². The first kappa shape index (κ1) is 31.3. The highest BCUT2D eigenvalue weighted by Crippen LogP contribution is 2.38. The first-order valence-corrected chi connectivity index (χ1v) is 15.9. The number of hydrogen-bond donors (Lipinski definition) is 1. The number of hydrogen-bond acceptors (Lipinski definition) is 4. The van der Waals surface area contributed by atoms with Gasteiger partial charge in [0.05, 0.1) is 22.2 Å². The minimum atomic E-state index is -1.03. The second kappa shape index (κ2) is 13.3. The summed E-state index contributed by atoms with van der Waals surface area (Å²) >= 11 is 6.13. The highest BCUT2D eigenvalue weighted by Gasteiger charge is 2.25. The summed E-state index contributed by atoms with van der Waals surface area (Å²) in [6.45, 7) is 1.96. The molecule has 46 heavy (non-hydrogen) atoms. The number of rotatable bonds is 9. The third-order valence-electron chi connectivity index (χ3n) is 8.76. The Balaban J connectivity index is 1.33. The summed E-state index contributed by atoms with van der Waals surface area (Å²) in [7, 11) is 1.74. The van der Waals surface area contributed by atoms with Crippen molar-refractivity contribution in [2.24, 2.45) is 0 Å². The lowest BCUT2D eigenvalue weighted by Crippen LogP contribution is -2.25. The van der Waals surface area contributed by atoms with Gasteiger partial charge in [-0.3, -0.25) is 4.79 Å². The maximum absolute atomic E-state index is 15.9. The zero-order valence-corrected chi connectivity index (χ0v) is 26.6. The van der Waals surface area contributed by atoms with Gasteiger partial charge in [-0.25, -0.2) is 14.2 Å². The van der Waals surface area contributed by atoms with Crippen molar-refractivity contribution in [1.82, 2.24) is 9.55 Å². The SMILES string of the molecule is CCC(=O)N(C)c1ccc(-c2ccc(Cl)cc2)c(COc2ccc(-c3nc4cc(C(=O)O)ccc4n3C3CCCCC3)c(F)c2)c1. The van der Waals surface area contributed by atoms with Crippen LogP contribution in [0.2, 0.25) is 5.02 Å². The molecule has 1 fully saturated rings. The van der Waals surface area contributed by atoms with Gasteiger partial charge in [0, 0.05) is 36.3 Å². The minimum absolute atomic E-state index is 0.0118. The maximum atomic E-state index is 15.9. The van der Waals surface area contributed by atoms with E-state index in [1.54, 1.807) is 42.3 Å². The molecule has 0 bridgehead atoms. The van der Waals surface area contributed by atoms with Crippen molar-refractivity contribution in [2.75, 3.05) is 11.9 Å². The number of nitrogens with zero attached hydrogens (tertiary/aromatic N) is 3. The molecule has 1 saturated carbocycles. The number of benzene rings is 4. The first-order valence-electron chi connectivity index (χ1n) is 15.6. The number of carbonyl (C=O) groups excluding carboxylic acids is 1. The zero-order valence-electron chi connectivity index (χ0n) is 25.8. The predicted molar refractivity (Wildman–Crippen MR) is 179 cm³/mol. The van der Waals surface area contributed by atoms with Crippen LogP contribution in [0, 0.1) is 5.82 Å². The van der Waals surface area contributed by atoms with Gasteiger partial charge in [-0.05, 0) is 84.1 Å². The van der Waals surface area contributed by atoms with E-state index in [4.69, 9.17) is 21.3 Å². The molecular weight excluding hydrogens is 605 g/mol. The molecule has 1 heterocycles. The number of imidazole rings is 1. The van der Waals surface area contributed by atoms with Crippen molar-refractivity contribution in [3.8, 4) is 28.3 Å². The number of carboxylic acids is 1. The van der Waals surface area contributed by atoms with Crippen LogP contribution in [0.1, 0.15) is 67.4 Å². The van der Waals surface area contributed by atoms with Crippen LogP contribution in [-0.4, -0.2) is 33.6 Å². The molecule has 7 nitrogen and oxygen atoms in total. The van der Waals surface area contributed by atoms with E-state index >= 15 is 4.39 Å². The summed E-state index contributed by atoms with van der Waals surface area (Å²) in [5.41, 5.74) is 5.21. The first-order chi connectivity index (χ1) is 22.2. The molecule has 1 aliphatic carbocycles. The van der Waals surface area contributed by atoms with E-state index in [1.807, 2.05) is 49.4 Å². The van der Waals surface area contributed by atoms with Gasteiger partial charge in [0.25, 0.3) is 0 Å². The Morgan fingerprint density at radius 2 is 1.72 bits per heavy atom. The lowest BCUT2D eigenvalue weighted by Gasteiger charge is -2.25. The largest absolute Gasteiger partial charge is 0.489 e. The highest BCUT2D eigenvalue weighted by atomic mass is 35.5. The van der Waals surface area contributed by atoms with Gasteiger partial charge < -0.3 is 19.3 Å². The van der Waals surface area contributed by atoms with Gasteiger partial charge in [-0.1, -0.05) is 56.0 Å². The van der Waals surface area contributed by atoms with Gasteiger partial charge in [0.15, 0.2) is 0 Å². The fourth-order valence-corrected chi connectivity index (χ4v) is 6.39. The van der Waals surface area contributed by atoms with Crippen LogP contribution in [0.25, 0.3) is 33.5 Å². The molecule has 1 N–H and O–H groups in total. The summed E-state index contributed by atoms with van der Waals surface area (Å²) in [4.78, 5) is 30.4. The molecule has 0 spiro atoms. The Bertz CT molecular complexity index is 1910. The number of anilines is 1. The molecule has 0 radical (unpaired) electrons. The molecule has 1 aromatic heterocycles. The Hall–Kier alpha value is -4.69. The van der Waals surface area contributed by atoms with E-state index in [0.717, 1.165) is 60.0 Å². The molecule has 6 rings (SSSR count). The third-order valence-corrected chi connectivity index (χ3v) is 9.01. The third kappa shape index (κ3) is 6.35. The van der Waals surface area contributed by atoms with Crippen LogP contribution >= 0.6 is 11.6 Å². The van der Waals surface area contributed by atoms with Crippen LogP contribution in [0.4, 0.5) is 10.1 Å². The van der Waals surface area contributed by atoms with Gasteiger partial charge in [0.1, 0.15) is 24.0 Å². The molecule has 4 aromatic carbocycles. The average molecular weight is 640 g/mol. The molecule has 0 atom stereocenters. The smallest absolute Gasteiger partial charge is 0.335 e. The topological polar surface area (TPSA) is 84.7 Å². The van der Waals surface area contributed by atoms with Crippen LogP contribution in [0.15, 0.2) is 78.9 Å². The quantitative estimate of drug-likeness (QED) is 0.174. The van der Waals surface area contributed by atoms with Crippen LogP contribution in [0.5, 0.6) is 5.75 Å². The molecule has 0 saturated heterocycles. The van der Waals surface area contributed by atoms with E-state index in [1.165, 1.54) is 6.07 Å². The Labute approximate surface area is 272 Å². The van der Waals surface area contributed by atoms with Crippen molar-refractivity contribution >= 4 is 40.2 Å². The van der Waals surface area contributed by atoms with Gasteiger partial charge in [-0.2, -0.15) is 0 Å². The predicted octanol–water partition coefficient (Wildman–Crippen LogP) is 9.32. The monoisotopic (exact) mass is 639 g/mol. The zero-order chi connectivity index (χ0) is 32.4. The van der Waals surface area contributed by atoms with Gasteiger partial charge >= 0.3 is 5.97 Å². The number of fused-ring (bicyclic) bond motifs is 1. The molecule has 1 amide bonds. The summed E-state index contributed by atoms with van der Waals surface area (Å²) in [5, 5.41) is 10.2. The lowest BCUT2D eigenvalue weighted by atomic mass is 9.94. The van der Waals surface area contributed by atoms with Crippen molar-refractivity contribution in [3.63, 3.8) is 0 Å². The van der Waals surface area contributed by atoms with E-state index in [-0.39, 0.29) is 24.1 Å². The van der Waals surface area contributed by atoms with Crippen molar-refractivity contribution in [1.29, 1.82) is 0 Å². The number of ether oxygens (including phenoxy) is 1. The van der Waals surface area contributed by atoms with E-state index < -0.39 is 11.8 Å². The molecule has 5 aromatic rings. The molecule has 236 valence electrons. The summed E-state index contributed by atoms with van der Waals surface area (Å²) in [6, 6.07) is 23.1. The Morgan fingerprint density at radius 3 is 2.41 bits per heavy atom. The van der Waals surface area contributed by atoms with E-state index in [2.05, 4.69) is 4.57 Å². The van der Waals surface area contributed by atoms with E-state index in [0.29, 0.717) is 34.1 Å². The fourth-order valence-electron chi connectivity index (χ4n) is 6.26. The molecule has 0 aliphatic heterocycles. The molecule has 1 aliphatic rings. The average Bonchev–Trinajstić information content (AvgIpc) is 3.46. The molecule has 0 unspecified atom stereocenters. The number of halogens is 2. The summed E-state index contributed by atoms with van der Waals surface area (Å²) in [6.07, 6.45) is 5.60. The summed E-state index contributed by atoms with van der Waals surface area (Å²) in [5.74, 6) is -0.697. The standard InChI is InChI=1S/C37H35ClFN3O4/c1-3-35(43)41(2)28-14-16-30(23-9-12-26(38)13-10-23)25(19-28)22-46-29-15-17-31(32(39)21-29)36-40-33-20-24(37(44)45)11-18-34(33)42(36)27-7-5-4-6-8-27/h9-21,27H,3-8,22H2,1-2H3,(H,44,45). The fraction of sp³-hybridized carbons (Fsp3) is 0.270. The molecule has 9 heteroatoms. The van der Waals surface area contributed by atoms with Crippen LogP contribution in [-0.2, 0) is 11.4 Å². The van der Waals surface area contributed by atoms with Gasteiger partial charge in [-0.15, -0.1) is 0 Å². The number of amides is 1. The number of carboxylic acid groups (broad SMARTS) is 1. The highest BCUT2D eigenvalue weighted by molar-refractivity contribution is 6.30. The lowest BCUT2D eigenvalue weighted by molar-refractivity contribution is -0.118.